The van der Waals surface area contributed by atoms with Crippen LogP contribution in [0.2, 0.25) is 0 Å². The fraction of sp³-hybridized carbons (Fsp3) is 0.143. The van der Waals surface area contributed by atoms with E-state index in [4.69, 9.17) is 4.74 Å². The Balaban J connectivity index is 1.43. The second-order valence-electron chi connectivity index (χ2n) is 6.45. The van der Waals surface area contributed by atoms with E-state index in [1.165, 1.54) is 39.3 Å². The number of hydrogen-bond acceptors (Lipinski definition) is 9. The van der Waals surface area contributed by atoms with E-state index in [1.807, 2.05) is 13.0 Å². The summed E-state index contributed by atoms with van der Waals surface area (Å²) in [5, 5.41) is 19.1. The zero-order valence-electron chi connectivity index (χ0n) is 16.8. The molecule has 0 unspecified atom stereocenters. The second-order valence-corrected chi connectivity index (χ2v) is 8.38. The molecule has 160 valence electrons. The molecule has 0 saturated carbocycles. The largest absolute Gasteiger partial charge is 0.487 e. The highest BCUT2D eigenvalue weighted by molar-refractivity contribution is 7.16. The Morgan fingerprint density at radius 1 is 1.34 bits per heavy atom. The Labute approximate surface area is 190 Å². The molecule has 0 aliphatic heterocycles. The fourth-order valence-corrected chi connectivity index (χ4v) is 4.08. The Bertz CT molecular complexity index is 1380. The first kappa shape index (κ1) is 21.4. The lowest BCUT2D eigenvalue weighted by Gasteiger charge is -2.06. The van der Waals surface area contributed by atoms with Crippen LogP contribution in [0, 0.1) is 11.3 Å². The molecule has 3 heterocycles. The maximum Gasteiger partial charge on any atom is 0.275 e. The van der Waals surface area contributed by atoms with Crippen molar-refractivity contribution >= 4 is 44.7 Å². The third-order valence-corrected chi connectivity index (χ3v) is 5.98. The first-order chi connectivity index (χ1) is 15.6. The quantitative estimate of drug-likeness (QED) is 0.329. The van der Waals surface area contributed by atoms with Gasteiger partial charge in [-0.15, -0.1) is 11.3 Å². The van der Waals surface area contributed by atoms with Gasteiger partial charge in [0, 0.05) is 17.6 Å². The number of fused-ring (bicyclic) bond motifs is 1. The number of hydrogen-bond donors (Lipinski definition) is 1. The van der Waals surface area contributed by atoms with Crippen LogP contribution in [0.25, 0.3) is 11.0 Å². The van der Waals surface area contributed by atoms with Crippen molar-refractivity contribution in [1.29, 1.82) is 5.26 Å². The zero-order chi connectivity index (χ0) is 22.5. The number of carbonyl (C=O) groups excluding carboxylic acids is 1. The summed E-state index contributed by atoms with van der Waals surface area (Å²) in [6.45, 7) is 2.10. The lowest BCUT2D eigenvalue weighted by Crippen LogP contribution is -2.16. The van der Waals surface area contributed by atoms with Crippen molar-refractivity contribution in [3.05, 3.63) is 74.1 Å². The minimum atomic E-state index is -0.523. The van der Waals surface area contributed by atoms with E-state index in [1.54, 1.807) is 35.8 Å². The van der Waals surface area contributed by atoms with Gasteiger partial charge < -0.3 is 4.74 Å². The first-order valence-electron chi connectivity index (χ1n) is 9.50. The summed E-state index contributed by atoms with van der Waals surface area (Å²) in [4.78, 5) is 33.4. The number of rotatable bonds is 7. The van der Waals surface area contributed by atoms with Crippen molar-refractivity contribution in [2.45, 2.75) is 20.0 Å². The van der Waals surface area contributed by atoms with Crippen molar-refractivity contribution in [3.8, 4) is 11.8 Å². The number of carbonyl (C=O) groups is 1. The third-order valence-electron chi connectivity index (χ3n) is 4.24. The average Bonchev–Trinajstić information content (AvgIpc) is 3.46. The predicted molar refractivity (Wildman–Crippen MR) is 122 cm³/mol. The molecule has 3 aromatic heterocycles. The summed E-state index contributed by atoms with van der Waals surface area (Å²) in [5.41, 5.74) is 0.890. The molecular formula is C21H16N6O3S2. The van der Waals surface area contributed by atoms with Gasteiger partial charge in [0.1, 0.15) is 29.0 Å². The van der Waals surface area contributed by atoms with Gasteiger partial charge in [-0.1, -0.05) is 30.4 Å². The van der Waals surface area contributed by atoms with Crippen LogP contribution in [0.1, 0.15) is 23.2 Å². The highest BCUT2D eigenvalue weighted by atomic mass is 32.1. The number of nitriles is 1. The molecule has 1 aromatic carbocycles. The number of amides is 1. The Kier molecular flexibility index (Phi) is 6.34. The number of nitrogens with one attached hydrogen (secondary N) is 1. The molecule has 11 heteroatoms. The summed E-state index contributed by atoms with van der Waals surface area (Å²) < 4.78 is 7.03. The maximum absolute atomic E-state index is 12.2. The van der Waals surface area contributed by atoms with Crippen molar-refractivity contribution in [2.24, 2.45) is 0 Å². The van der Waals surface area contributed by atoms with Gasteiger partial charge in [0.05, 0.1) is 5.69 Å². The van der Waals surface area contributed by atoms with E-state index in [0.29, 0.717) is 27.1 Å². The molecular weight excluding hydrogens is 448 g/mol. The molecule has 0 aliphatic rings. The van der Waals surface area contributed by atoms with E-state index in [-0.39, 0.29) is 17.7 Å². The number of benzene rings is 1. The van der Waals surface area contributed by atoms with E-state index < -0.39 is 5.91 Å². The van der Waals surface area contributed by atoms with Gasteiger partial charge in [-0.2, -0.15) is 14.9 Å². The molecule has 4 aromatic rings. The van der Waals surface area contributed by atoms with Gasteiger partial charge in [0.25, 0.3) is 11.5 Å². The van der Waals surface area contributed by atoms with E-state index in [0.717, 1.165) is 11.4 Å². The molecule has 1 N–H and O–H groups in total. The van der Waals surface area contributed by atoms with Gasteiger partial charge in [-0.25, -0.2) is 9.97 Å². The highest BCUT2D eigenvalue weighted by Crippen LogP contribution is 2.18. The van der Waals surface area contributed by atoms with Crippen LogP contribution in [-0.2, 0) is 17.8 Å². The van der Waals surface area contributed by atoms with Gasteiger partial charge in [-0.3, -0.25) is 14.9 Å². The zero-order valence-corrected chi connectivity index (χ0v) is 18.4. The summed E-state index contributed by atoms with van der Waals surface area (Å²) in [5.74, 6) is 0.0401. The lowest BCUT2D eigenvalue weighted by atomic mass is 10.1. The number of nitrogens with zero attached hydrogens (tertiary/aromatic N) is 5. The Hall–Kier alpha value is -3.88. The molecule has 9 nitrogen and oxygen atoms in total. The summed E-state index contributed by atoms with van der Waals surface area (Å²) in [6, 6.07) is 10.2. The number of aryl methyl sites for hydroxylation is 1. The standard InChI is InChI=1S/C21H16N6O3S2/c1-2-17-26-27-18(28)10-15(24-21(27)32-17)12-30-16-5-3-13(4-6-16)9-14(11-22)19(29)25-20-23-7-8-31-20/h3-10H,2,12H2,1H3,(H,23,25,29)/b14-9-. The van der Waals surface area contributed by atoms with Crippen LogP contribution in [0.5, 0.6) is 5.75 Å². The molecule has 32 heavy (non-hydrogen) atoms. The molecule has 0 fully saturated rings. The van der Waals surface area contributed by atoms with Crippen LogP contribution >= 0.6 is 22.7 Å². The van der Waals surface area contributed by atoms with E-state index in [2.05, 4.69) is 20.4 Å². The number of ether oxygens (including phenoxy) is 1. The Morgan fingerprint density at radius 2 is 2.16 bits per heavy atom. The van der Waals surface area contributed by atoms with Crippen molar-refractivity contribution in [2.75, 3.05) is 5.32 Å². The normalized spacial score (nSPS) is 11.3. The molecule has 0 bridgehead atoms. The third kappa shape index (κ3) is 4.88. The monoisotopic (exact) mass is 464 g/mol. The summed E-state index contributed by atoms with van der Waals surface area (Å²) >= 11 is 2.65. The lowest BCUT2D eigenvalue weighted by molar-refractivity contribution is -0.112. The molecule has 0 atom stereocenters. The number of thiazole rings is 1. The second kappa shape index (κ2) is 9.51. The Morgan fingerprint density at radius 3 is 2.84 bits per heavy atom. The maximum atomic E-state index is 12.2. The van der Waals surface area contributed by atoms with Crippen LogP contribution in [0.3, 0.4) is 0 Å². The van der Waals surface area contributed by atoms with Crippen molar-refractivity contribution in [3.63, 3.8) is 0 Å². The molecule has 4 rings (SSSR count). The minimum absolute atomic E-state index is 0.0390. The summed E-state index contributed by atoms with van der Waals surface area (Å²) in [6.07, 6.45) is 3.79. The first-order valence-corrected chi connectivity index (χ1v) is 11.2. The molecule has 0 saturated heterocycles. The van der Waals surface area contributed by atoms with Gasteiger partial charge in [0.15, 0.2) is 5.13 Å². The van der Waals surface area contributed by atoms with Gasteiger partial charge in [0.2, 0.25) is 4.96 Å². The highest BCUT2D eigenvalue weighted by Gasteiger charge is 2.11. The van der Waals surface area contributed by atoms with Crippen LogP contribution in [-0.4, -0.2) is 25.5 Å². The molecule has 0 aliphatic carbocycles. The molecule has 0 radical (unpaired) electrons. The van der Waals surface area contributed by atoms with Crippen LogP contribution < -0.4 is 15.6 Å². The van der Waals surface area contributed by atoms with Gasteiger partial charge in [-0.05, 0) is 30.2 Å². The van der Waals surface area contributed by atoms with Crippen LogP contribution in [0.15, 0.2) is 52.3 Å². The molecule has 0 spiro atoms. The van der Waals surface area contributed by atoms with Crippen molar-refractivity contribution in [1.82, 2.24) is 19.6 Å². The average molecular weight is 465 g/mol. The topological polar surface area (TPSA) is 122 Å². The van der Waals surface area contributed by atoms with E-state index >= 15 is 0 Å². The molecule has 1 amide bonds. The van der Waals surface area contributed by atoms with E-state index in [9.17, 15) is 14.9 Å². The van der Waals surface area contributed by atoms with Crippen molar-refractivity contribution < 1.29 is 9.53 Å². The SMILES string of the molecule is CCc1nn2c(=O)cc(COc3ccc(/C=C(/C#N)C(=O)Nc4nccs4)cc3)nc2s1. The number of anilines is 1. The minimum Gasteiger partial charge on any atom is -0.487 e. The predicted octanol–water partition coefficient (Wildman–Crippen LogP) is 3.29. The summed E-state index contributed by atoms with van der Waals surface area (Å²) in [7, 11) is 0. The fourth-order valence-electron chi connectivity index (χ4n) is 2.70. The smallest absolute Gasteiger partial charge is 0.275 e. The number of aromatic nitrogens is 4. The van der Waals surface area contributed by atoms with Gasteiger partial charge >= 0.3 is 0 Å². The van der Waals surface area contributed by atoms with Crippen LogP contribution in [0.4, 0.5) is 5.13 Å².